The lowest BCUT2D eigenvalue weighted by Gasteiger charge is -2.26. The van der Waals surface area contributed by atoms with Gasteiger partial charge < -0.3 is 26.8 Å². The maximum atomic E-state index is 11.9. The Morgan fingerprint density at radius 3 is 2.67 bits per heavy atom. The average molecular weight is 300 g/mol. The van der Waals surface area contributed by atoms with Crippen LogP contribution in [0.2, 0.25) is 0 Å². The maximum absolute atomic E-state index is 11.9. The number of ketones is 1. The number of aliphatic hydroxyl groups excluding tert-OH is 1. The van der Waals surface area contributed by atoms with Crippen molar-refractivity contribution in [3.05, 3.63) is 0 Å². The Morgan fingerprint density at radius 1 is 1.38 bits per heavy atom. The first kappa shape index (κ1) is 17.5. The van der Waals surface area contributed by atoms with Crippen molar-refractivity contribution < 1.29 is 19.5 Å². The summed E-state index contributed by atoms with van der Waals surface area (Å²) in [5.74, 6) is -1.23. The Hall–Kier alpha value is -1.51. The maximum Gasteiger partial charge on any atom is 0.239 e. The topological polar surface area (TPSA) is 134 Å². The van der Waals surface area contributed by atoms with E-state index in [1.54, 1.807) is 0 Å². The second-order valence-corrected chi connectivity index (χ2v) is 5.27. The number of nitrogens with one attached hydrogen (secondary N) is 3. The van der Waals surface area contributed by atoms with E-state index in [1.807, 2.05) is 0 Å². The van der Waals surface area contributed by atoms with Crippen LogP contribution < -0.4 is 21.7 Å². The molecule has 0 saturated carbocycles. The third-order valence-corrected chi connectivity index (χ3v) is 3.40. The van der Waals surface area contributed by atoms with E-state index in [1.165, 1.54) is 6.92 Å². The lowest BCUT2D eigenvalue weighted by Crippen LogP contribution is -2.49. The summed E-state index contributed by atoms with van der Waals surface area (Å²) in [6.45, 7) is 2.44. The van der Waals surface area contributed by atoms with Gasteiger partial charge >= 0.3 is 0 Å². The van der Waals surface area contributed by atoms with Crippen molar-refractivity contribution in [2.45, 2.75) is 31.9 Å². The SMILES string of the molecule is CC(=O)C(CCN)NC(=O)CNC(=O)C1CNCC(O)C1. The summed E-state index contributed by atoms with van der Waals surface area (Å²) >= 11 is 0. The number of carbonyl (C=O) groups is 3. The highest BCUT2D eigenvalue weighted by Crippen LogP contribution is 2.10. The van der Waals surface area contributed by atoms with Crippen LogP contribution in [0.5, 0.6) is 0 Å². The van der Waals surface area contributed by atoms with Crippen LogP contribution in [0.25, 0.3) is 0 Å². The molecule has 1 aliphatic rings. The molecule has 0 aromatic heterocycles. The van der Waals surface area contributed by atoms with Crippen LogP contribution in [0.15, 0.2) is 0 Å². The fraction of sp³-hybridized carbons (Fsp3) is 0.769. The molecule has 8 nitrogen and oxygen atoms in total. The molecule has 0 aromatic carbocycles. The largest absolute Gasteiger partial charge is 0.392 e. The Morgan fingerprint density at radius 2 is 2.10 bits per heavy atom. The third-order valence-electron chi connectivity index (χ3n) is 3.40. The number of rotatable bonds is 7. The number of carbonyl (C=O) groups excluding carboxylic acids is 3. The minimum absolute atomic E-state index is 0.167. The van der Waals surface area contributed by atoms with Crippen LogP contribution >= 0.6 is 0 Å². The molecular weight excluding hydrogens is 276 g/mol. The van der Waals surface area contributed by atoms with Crippen molar-refractivity contribution in [3.63, 3.8) is 0 Å². The number of hydrogen-bond acceptors (Lipinski definition) is 6. The van der Waals surface area contributed by atoms with Gasteiger partial charge in [-0.15, -0.1) is 0 Å². The van der Waals surface area contributed by atoms with Crippen molar-refractivity contribution in [1.29, 1.82) is 0 Å². The van der Waals surface area contributed by atoms with Gasteiger partial charge in [0.05, 0.1) is 24.6 Å². The molecule has 1 heterocycles. The molecule has 6 N–H and O–H groups in total. The number of amides is 2. The molecule has 120 valence electrons. The molecule has 0 spiro atoms. The molecule has 21 heavy (non-hydrogen) atoms. The molecule has 2 amide bonds. The zero-order valence-electron chi connectivity index (χ0n) is 12.2. The molecule has 0 bridgehead atoms. The Balaban J connectivity index is 2.34. The van der Waals surface area contributed by atoms with Gasteiger partial charge in [-0.05, 0) is 26.3 Å². The Kier molecular flexibility index (Phi) is 7.27. The highest BCUT2D eigenvalue weighted by molar-refractivity contribution is 5.90. The van der Waals surface area contributed by atoms with Crippen LogP contribution in [0.4, 0.5) is 0 Å². The van der Waals surface area contributed by atoms with E-state index < -0.39 is 18.1 Å². The van der Waals surface area contributed by atoms with E-state index in [9.17, 15) is 19.5 Å². The van der Waals surface area contributed by atoms with Gasteiger partial charge in [0, 0.05) is 13.1 Å². The number of piperidine rings is 1. The first-order valence-corrected chi connectivity index (χ1v) is 7.10. The van der Waals surface area contributed by atoms with Gasteiger partial charge in [0.2, 0.25) is 11.8 Å². The van der Waals surface area contributed by atoms with Crippen LogP contribution in [0, 0.1) is 5.92 Å². The van der Waals surface area contributed by atoms with Crippen molar-refractivity contribution in [2.24, 2.45) is 11.7 Å². The summed E-state index contributed by atoms with van der Waals surface area (Å²) in [6.07, 6.45) is 0.201. The van der Waals surface area contributed by atoms with Gasteiger partial charge in [-0.25, -0.2) is 0 Å². The molecule has 1 fully saturated rings. The number of β-amino-alcohol motifs (C(OH)–C–C–N with tert-alkyl or cyclic N) is 1. The standard InChI is InChI=1S/C13H24N4O4/c1-8(18)11(2-3-14)17-12(20)7-16-13(21)9-4-10(19)6-15-5-9/h9-11,15,19H,2-7,14H2,1H3,(H,16,21)(H,17,20). The van der Waals surface area contributed by atoms with Gasteiger partial charge in [-0.1, -0.05) is 0 Å². The zero-order valence-corrected chi connectivity index (χ0v) is 12.2. The summed E-state index contributed by atoms with van der Waals surface area (Å²) in [4.78, 5) is 34.9. The Bertz CT molecular complexity index is 388. The van der Waals surface area contributed by atoms with Crippen LogP contribution in [0.3, 0.4) is 0 Å². The summed E-state index contributed by atoms with van der Waals surface area (Å²) < 4.78 is 0. The van der Waals surface area contributed by atoms with Gasteiger partial charge in [-0.3, -0.25) is 14.4 Å². The van der Waals surface area contributed by atoms with E-state index in [4.69, 9.17) is 5.73 Å². The highest BCUT2D eigenvalue weighted by atomic mass is 16.3. The number of hydrogen-bond donors (Lipinski definition) is 5. The number of Topliss-reactive ketones (excluding diaryl/α,β-unsaturated/α-hetero) is 1. The molecule has 0 aliphatic carbocycles. The summed E-state index contributed by atoms with van der Waals surface area (Å²) in [7, 11) is 0. The first-order chi connectivity index (χ1) is 9.93. The number of aliphatic hydroxyl groups is 1. The quantitative estimate of drug-likeness (QED) is 0.353. The predicted octanol–water partition coefficient (Wildman–Crippen LogP) is -2.50. The zero-order chi connectivity index (χ0) is 15.8. The van der Waals surface area contributed by atoms with E-state index in [0.29, 0.717) is 32.5 Å². The minimum Gasteiger partial charge on any atom is -0.392 e. The monoisotopic (exact) mass is 300 g/mol. The van der Waals surface area contributed by atoms with Crippen molar-refractivity contribution >= 4 is 17.6 Å². The van der Waals surface area contributed by atoms with Crippen LogP contribution in [-0.2, 0) is 14.4 Å². The molecule has 0 radical (unpaired) electrons. The van der Waals surface area contributed by atoms with Crippen LogP contribution in [-0.4, -0.2) is 61.0 Å². The molecule has 1 aliphatic heterocycles. The second-order valence-electron chi connectivity index (χ2n) is 5.27. The average Bonchev–Trinajstić information content (AvgIpc) is 2.44. The predicted molar refractivity (Wildman–Crippen MR) is 76.3 cm³/mol. The van der Waals surface area contributed by atoms with Crippen molar-refractivity contribution in [1.82, 2.24) is 16.0 Å². The van der Waals surface area contributed by atoms with E-state index in [2.05, 4.69) is 16.0 Å². The molecule has 3 atom stereocenters. The lowest BCUT2D eigenvalue weighted by molar-refractivity contribution is -0.130. The van der Waals surface area contributed by atoms with E-state index in [-0.39, 0.29) is 24.2 Å². The molecule has 1 saturated heterocycles. The Labute approximate surface area is 123 Å². The third kappa shape index (κ3) is 6.19. The second kappa shape index (κ2) is 8.71. The summed E-state index contributed by atoms with van der Waals surface area (Å²) in [5.41, 5.74) is 5.37. The van der Waals surface area contributed by atoms with Gasteiger partial charge in [0.25, 0.3) is 0 Å². The molecule has 1 rings (SSSR count). The summed E-state index contributed by atoms with van der Waals surface area (Å²) in [5, 5.41) is 17.5. The van der Waals surface area contributed by atoms with Gasteiger partial charge in [0.15, 0.2) is 5.78 Å². The van der Waals surface area contributed by atoms with Crippen molar-refractivity contribution in [2.75, 3.05) is 26.2 Å². The smallest absolute Gasteiger partial charge is 0.239 e. The van der Waals surface area contributed by atoms with Crippen molar-refractivity contribution in [3.8, 4) is 0 Å². The minimum atomic E-state index is -0.613. The van der Waals surface area contributed by atoms with Crippen LogP contribution in [0.1, 0.15) is 19.8 Å². The van der Waals surface area contributed by atoms with Gasteiger partial charge in [0.1, 0.15) is 0 Å². The normalized spacial score (nSPS) is 23.2. The fourth-order valence-electron chi connectivity index (χ4n) is 2.22. The number of nitrogens with two attached hydrogens (primary N) is 1. The molecule has 8 heteroatoms. The highest BCUT2D eigenvalue weighted by Gasteiger charge is 2.26. The molecular formula is C13H24N4O4. The van der Waals surface area contributed by atoms with Gasteiger partial charge in [-0.2, -0.15) is 0 Å². The lowest BCUT2D eigenvalue weighted by atomic mass is 9.97. The fourth-order valence-corrected chi connectivity index (χ4v) is 2.22. The molecule has 3 unspecified atom stereocenters. The first-order valence-electron chi connectivity index (χ1n) is 7.10. The molecule has 0 aromatic rings. The summed E-state index contributed by atoms with van der Waals surface area (Å²) in [6, 6.07) is -0.613. The van der Waals surface area contributed by atoms with E-state index in [0.717, 1.165) is 0 Å². The van der Waals surface area contributed by atoms with E-state index >= 15 is 0 Å².